The molecule has 0 amide bonds. The van der Waals surface area contributed by atoms with Gasteiger partial charge >= 0.3 is 24.1 Å². The molecule has 2 rings (SSSR count). The molecule has 3 atom stereocenters. The molecule has 0 aromatic heterocycles. The smallest absolute Gasteiger partial charge is 0.465 e. The maximum atomic E-state index is 12.7. The number of terminal acetylenes is 2. The highest BCUT2D eigenvalue weighted by molar-refractivity contribution is 5.70. The van der Waals surface area contributed by atoms with E-state index in [1.807, 2.05) is 0 Å². The van der Waals surface area contributed by atoms with E-state index >= 15 is 0 Å². The van der Waals surface area contributed by atoms with E-state index in [1.54, 1.807) is 20.8 Å². The maximum Gasteiger partial charge on any atom is 0.511 e. The first-order chi connectivity index (χ1) is 26.0. The molecule has 9 nitrogen and oxygen atoms in total. The van der Waals surface area contributed by atoms with Gasteiger partial charge in [0.15, 0.2) is 0 Å². The predicted molar refractivity (Wildman–Crippen MR) is 210 cm³/mol. The number of esters is 3. The number of unbranched alkanes of at least 4 members (excludes halogenated alkanes) is 5. The highest BCUT2D eigenvalue weighted by Gasteiger charge is 2.32. The Balaban J connectivity index is 1.73. The number of rotatable bonds is 27. The molecule has 1 aliphatic rings. The van der Waals surface area contributed by atoms with Crippen LogP contribution in [0.15, 0.2) is 42.5 Å². The van der Waals surface area contributed by atoms with Crippen LogP contribution >= 0.6 is 0 Å². The molecule has 1 fully saturated rings. The average Bonchev–Trinajstić information content (AvgIpc) is 3.61. The molecule has 54 heavy (non-hydrogen) atoms. The Bertz CT molecular complexity index is 1320. The summed E-state index contributed by atoms with van der Waals surface area (Å²) in [6.07, 6.45) is 27.8. The summed E-state index contributed by atoms with van der Waals surface area (Å²) in [6, 6.07) is 10.7. The number of hydrogen-bond acceptors (Lipinski definition) is 9. The van der Waals surface area contributed by atoms with Crippen molar-refractivity contribution in [2.24, 2.45) is 23.2 Å². The van der Waals surface area contributed by atoms with E-state index in [0.717, 1.165) is 31.1 Å². The summed E-state index contributed by atoms with van der Waals surface area (Å²) < 4.78 is 27.0. The second-order valence-electron chi connectivity index (χ2n) is 15.1. The van der Waals surface area contributed by atoms with Gasteiger partial charge in [0, 0.05) is 38.0 Å². The number of aryl methyl sites for hydroxylation is 1. The first-order valence-corrected chi connectivity index (χ1v) is 19.9. The van der Waals surface area contributed by atoms with Crippen molar-refractivity contribution in [3.05, 3.63) is 48.0 Å². The number of ether oxygens (including phenoxy) is 5. The van der Waals surface area contributed by atoms with Gasteiger partial charge in [0.1, 0.15) is 19.8 Å². The second-order valence-corrected chi connectivity index (χ2v) is 15.1. The maximum absolute atomic E-state index is 12.7. The highest BCUT2D eigenvalue weighted by Crippen LogP contribution is 2.37. The van der Waals surface area contributed by atoms with E-state index < -0.39 is 35.8 Å². The molecule has 1 aliphatic carbocycles. The lowest BCUT2D eigenvalue weighted by molar-refractivity contribution is -0.180. The number of benzene rings is 1. The fourth-order valence-corrected chi connectivity index (χ4v) is 6.41. The molecule has 0 spiro atoms. The molecule has 9 heteroatoms. The highest BCUT2D eigenvalue weighted by atomic mass is 16.8. The summed E-state index contributed by atoms with van der Waals surface area (Å²) in [5, 5.41) is 0. The molecule has 1 aromatic carbocycles. The molecular formula is C45H64O9. The molecular weight excluding hydrogens is 684 g/mol. The summed E-state index contributed by atoms with van der Waals surface area (Å²) in [7, 11) is 0. The summed E-state index contributed by atoms with van der Waals surface area (Å²) in [6.45, 7) is 4.53. The van der Waals surface area contributed by atoms with Crippen LogP contribution < -0.4 is 0 Å². The van der Waals surface area contributed by atoms with Crippen molar-refractivity contribution in [3.8, 4) is 24.7 Å². The zero-order chi connectivity index (χ0) is 39.4. The molecule has 0 radical (unpaired) electrons. The van der Waals surface area contributed by atoms with Crippen molar-refractivity contribution in [1.82, 2.24) is 0 Å². The van der Waals surface area contributed by atoms with E-state index in [0.29, 0.717) is 32.1 Å². The van der Waals surface area contributed by atoms with Crippen molar-refractivity contribution in [3.63, 3.8) is 0 Å². The third-order valence-electron chi connectivity index (χ3n) is 9.67. The minimum absolute atomic E-state index is 0.129. The minimum atomic E-state index is -1.15. The third kappa shape index (κ3) is 20.9. The standard InChI is InChI=1S/C45H64O9/c1-6-8-14-30-40(46)50-33-45(5,34-51-41(47)31-15-9-7-2)35-52-44(49)54-43(36(3)4)53-42(48)32-21-11-10-19-26-38-28-22-29-39(38)27-20-13-18-25-37-23-16-12-17-24-37/h1-2,10,12,16-17,19,23-24,36,38-39,43H,8-9,11,13-15,18,20-22,25-35H2,3-5H3/b19-10-/t38-,39-,43?/m0/s1. The van der Waals surface area contributed by atoms with Crippen molar-refractivity contribution in [2.45, 2.75) is 143 Å². The quantitative estimate of drug-likeness (QED) is 0.0217. The van der Waals surface area contributed by atoms with Crippen LogP contribution in [0.1, 0.15) is 135 Å². The Morgan fingerprint density at radius 1 is 0.759 bits per heavy atom. The van der Waals surface area contributed by atoms with Gasteiger partial charge in [0.25, 0.3) is 6.29 Å². The first-order valence-electron chi connectivity index (χ1n) is 19.9. The summed E-state index contributed by atoms with van der Waals surface area (Å²) in [5.74, 6) is 4.77. The van der Waals surface area contributed by atoms with Crippen molar-refractivity contribution in [1.29, 1.82) is 0 Å². The number of hydrogen-bond donors (Lipinski definition) is 0. The second kappa shape index (κ2) is 27.4. The van der Waals surface area contributed by atoms with Gasteiger partial charge < -0.3 is 23.7 Å². The van der Waals surface area contributed by atoms with Crippen LogP contribution in [0, 0.1) is 47.9 Å². The van der Waals surface area contributed by atoms with Crippen LogP contribution in [-0.4, -0.2) is 50.2 Å². The van der Waals surface area contributed by atoms with Gasteiger partial charge in [-0.2, -0.15) is 0 Å². The van der Waals surface area contributed by atoms with Crippen LogP contribution in [-0.2, 0) is 44.5 Å². The lowest BCUT2D eigenvalue weighted by Gasteiger charge is -2.28. The molecule has 0 heterocycles. The van der Waals surface area contributed by atoms with Crippen LogP contribution in [0.2, 0.25) is 0 Å². The largest absolute Gasteiger partial charge is 0.511 e. The Morgan fingerprint density at radius 3 is 2.00 bits per heavy atom. The van der Waals surface area contributed by atoms with Crippen LogP contribution in [0.5, 0.6) is 0 Å². The average molecular weight is 749 g/mol. The molecule has 1 saturated carbocycles. The van der Waals surface area contributed by atoms with Crippen LogP contribution in [0.4, 0.5) is 4.79 Å². The lowest BCUT2D eigenvalue weighted by atomic mass is 9.88. The van der Waals surface area contributed by atoms with E-state index in [4.69, 9.17) is 36.5 Å². The monoisotopic (exact) mass is 748 g/mol. The van der Waals surface area contributed by atoms with Gasteiger partial charge in [-0.25, -0.2) is 4.79 Å². The molecule has 1 aromatic rings. The normalized spacial score (nSPS) is 16.0. The fourth-order valence-electron chi connectivity index (χ4n) is 6.41. The van der Waals surface area contributed by atoms with Crippen molar-refractivity contribution >= 4 is 24.1 Å². The SMILES string of the molecule is C#CCCCC(=O)OCC(C)(COC(=O)CCCC#C)COC(=O)OC(OC(=O)CCC/C=C\C[C@H]1CCC[C@@H]1CCCCCc1ccccc1)C(C)C. The van der Waals surface area contributed by atoms with Gasteiger partial charge in [0.05, 0.1) is 5.41 Å². The number of allylic oxidation sites excluding steroid dienone is 2. The molecule has 0 bridgehead atoms. The van der Waals surface area contributed by atoms with Gasteiger partial charge in [-0.15, -0.1) is 24.7 Å². The molecule has 1 unspecified atom stereocenters. The zero-order valence-electron chi connectivity index (χ0n) is 33.0. The van der Waals surface area contributed by atoms with Crippen LogP contribution in [0.3, 0.4) is 0 Å². The fraction of sp³-hybridized carbons (Fsp3) is 0.644. The Kier molecular flexibility index (Phi) is 23.3. The predicted octanol–water partition coefficient (Wildman–Crippen LogP) is 9.70. The molecule has 0 N–H and O–H groups in total. The van der Waals surface area contributed by atoms with Gasteiger partial charge in [-0.3, -0.25) is 14.4 Å². The number of carbonyl (C=O) groups excluding carboxylic acids is 4. The number of carbonyl (C=O) groups is 4. The Hall–Kier alpha value is -4.24. The van der Waals surface area contributed by atoms with Gasteiger partial charge in [0.2, 0.25) is 0 Å². The lowest BCUT2D eigenvalue weighted by Crippen LogP contribution is -2.38. The van der Waals surface area contributed by atoms with Crippen LogP contribution in [0.25, 0.3) is 0 Å². The molecule has 298 valence electrons. The zero-order valence-corrected chi connectivity index (χ0v) is 33.0. The van der Waals surface area contributed by atoms with E-state index in [2.05, 4.69) is 54.3 Å². The summed E-state index contributed by atoms with van der Waals surface area (Å²) in [5.41, 5.74) is 0.359. The minimum Gasteiger partial charge on any atom is -0.465 e. The van der Waals surface area contributed by atoms with E-state index in [1.165, 1.54) is 50.5 Å². The van der Waals surface area contributed by atoms with Gasteiger partial charge in [-0.1, -0.05) is 88.4 Å². The third-order valence-corrected chi connectivity index (χ3v) is 9.67. The first kappa shape index (κ1) is 45.9. The Morgan fingerprint density at radius 2 is 1.37 bits per heavy atom. The Labute approximate surface area is 324 Å². The summed E-state index contributed by atoms with van der Waals surface area (Å²) >= 11 is 0. The van der Waals surface area contributed by atoms with Gasteiger partial charge in [-0.05, 0) is 75.7 Å². The summed E-state index contributed by atoms with van der Waals surface area (Å²) in [4.78, 5) is 49.8. The topological polar surface area (TPSA) is 114 Å². The molecule has 0 saturated heterocycles. The van der Waals surface area contributed by atoms with E-state index in [-0.39, 0.29) is 45.0 Å². The molecule has 0 aliphatic heterocycles. The van der Waals surface area contributed by atoms with E-state index in [9.17, 15) is 19.2 Å². The van der Waals surface area contributed by atoms with Crippen molar-refractivity contribution < 1.29 is 42.9 Å². The van der Waals surface area contributed by atoms with Crippen molar-refractivity contribution in [2.75, 3.05) is 19.8 Å².